The second-order valence-corrected chi connectivity index (χ2v) is 8.00. The lowest BCUT2D eigenvalue weighted by Gasteiger charge is -2.29. The van der Waals surface area contributed by atoms with Crippen molar-refractivity contribution in [2.24, 2.45) is 0 Å². The van der Waals surface area contributed by atoms with Gasteiger partial charge in [0.2, 0.25) is 5.89 Å². The van der Waals surface area contributed by atoms with Crippen LogP contribution < -0.4 is 5.32 Å². The van der Waals surface area contributed by atoms with E-state index in [4.69, 9.17) is 4.52 Å². The Labute approximate surface area is 116 Å². The molecule has 0 bridgehead atoms. The normalized spacial score (nSPS) is 37.0. The van der Waals surface area contributed by atoms with Crippen LogP contribution >= 0.6 is 23.5 Å². The number of nitrogens with one attached hydrogen (secondary N) is 1. The first-order valence-electron chi connectivity index (χ1n) is 6.58. The van der Waals surface area contributed by atoms with Crippen LogP contribution in [0.25, 0.3) is 0 Å². The van der Waals surface area contributed by atoms with Crippen LogP contribution in [0.5, 0.6) is 0 Å². The molecule has 0 radical (unpaired) electrons. The first-order valence-corrected chi connectivity index (χ1v) is 8.57. The van der Waals surface area contributed by atoms with E-state index in [0.29, 0.717) is 15.7 Å². The SMILES string of the molecule is CC1SCC(c2noc([C@@H]3CCCN3)n2)SC1C. The third-order valence-electron chi connectivity index (χ3n) is 3.65. The summed E-state index contributed by atoms with van der Waals surface area (Å²) in [4.78, 5) is 4.60. The van der Waals surface area contributed by atoms with Crippen LogP contribution in [0.2, 0.25) is 0 Å². The molecular weight excluding hydrogens is 266 g/mol. The van der Waals surface area contributed by atoms with Gasteiger partial charge in [-0.3, -0.25) is 0 Å². The molecule has 0 amide bonds. The maximum atomic E-state index is 5.42. The number of hydrogen-bond acceptors (Lipinski definition) is 6. The van der Waals surface area contributed by atoms with E-state index in [2.05, 4.69) is 29.3 Å². The van der Waals surface area contributed by atoms with Crippen molar-refractivity contribution in [2.75, 3.05) is 12.3 Å². The summed E-state index contributed by atoms with van der Waals surface area (Å²) in [7, 11) is 0. The van der Waals surface area contributed by atoms with Crippen molar-refractivity contribution in [1.82, 2.24) is 15.5 Å². The summed E-state index contributed by atoms with van der Waals surface area (Å²) in [6, 6.07) is 0.281. The molecule has 2 saturated heterocycles. The molecule has 1 aromatic heterocycles. The molecule has 0 aromatic carbocycles. The van der Waals surface area contributed by atoms with E-state index < -0.39 is 0 Å². The van der Waals surface area contributed by atoms with Gasteiger partial charge in [0.25, 0.3) is 0 Å². The highest BCUT2D eigenvalue weighted by molar-refractivity contribution is 8.07. The molecule has 1 aromatic rings. The second-order valence-electron chi connectivity index (χ2n) is 5.01. The molecule has 0 aliphatic carbocycles. The Kier molecular flexibility index (Phi) is 3.86. The number of aromatic nitrogens is 2. The zero-order chi connectivity index (χ0) is 12.5. The van der Waals surface area contributed by atoms with E-state index in [-0.39, 0.29) is 6.04 Å². The molecule has 1 N–H and O–H groups in total. The Morgan fingerprint density at radius 3 is 2.94 bits per heavy atom. The predicted molar refractivity (Wildman–Crippen MR) is 76.0 cm³/mol. The van der Waals surface area contributed by atoms with Crippen molar-refractivity contribution in [3.63, 3.8) is 0 Å². The summed E-state index contributed by atoms with van der Waals surface area (Å²) in [5, 5.41) is 9.34. The Morgan fingerprint density at radius 2 is 2.22 bits per heavy atom. The van der Waals surface area contributed by atoms with Gasteiger partial charge in [0.05, 0.1) is 11.3 Å². The average molecular weight is 285 g/mol. The minimum atomic E-state index is 0.281. The van der Waals surface area contributed by atoms with Crippen molar-refractivity contribution in [1.29, 1.82) is 0 Å². The van der Waals surface area contributed by atoms with Gasteiger partial charge in [-0.25, -0.2) is 0 Å². The molecule has 4 nitrogen and oxygen atoms in total. The van der Waals surface area contributed by atoms with E-state index in [0.717, 1.165) is 30.4 Å². The molecule has 3 heterocycles. The Bertz CT molecular complexity index is 406. The summed E-state index contributed by atoms with van der Waals surface area (Å²) >= 11 is 3.99. The maximum absolute atomic E-state index is 5.42. The summed E-state index contributed by atoms with van der Waals surface area (Å²) < 4.78 is 5.42. The highest BCUT2D eigenvalue weighted by Crippen LogP contribution is 2.43. The Balaban J connectivity index is 1.69. The molecule has 4 atom stereocenters. The van der Waals surface area contributed by atoms with Crippen LogP contribution in [0.4, 0.5) is 0 Å². The first kappa shape index (κ1) is 12.8. The predicted octanol–water partition coefficient (Wildman–Crippen LogP) is 2.79. The monoisotopic (exact) mass is 285 g/mol. The molecule has 6 heteroatoms. The lowest BCUT2D eigenvalue weighted by molar-refractivity contribution is 0.341. The highest BCUT2D eigenvalue weighted by atomic mass is 32.2. The minimum absolute atomic E-state index is 0.281. The molecule has 3 rings (SSSR count). The average Bonchev–Trinajstić information content (AvgIpc) is 3.01. The van der Waals surface area contributed by atoms with Crippen molar-refractivity contribution in [3.8, 4) is 0 Å². The number of thioether (sulfide) groups is 2. The second kappa shape index (κ2) is 5.43. The van der Waals surface area contributed by atoms with E-state index in [9.17, 15) is 0 Å². The largest absolute Gasteiger partial charge is 0.338 e. The summed E-state index contributed by atoms with van der Waals surface area (Å²) in [6.07, 6.45) is 2.31. The van der Waals surface area contributed by atoms with Gasteiger partial charge in [0, 0.05) is 16.3 Å². The van der Waals surface area contributed by atoms with Gasteiger partial charge in [0.15, 0.2) is 5.82 Å². The molecule has 18 heavy (non-hydrogen) atoms. The Morgan fingerprint density at radius 1 is 1.33 bits per heavy atom. The van der Waals surface area contributed by atoms with Gasteiger partial charge in [-0.2, -0.15) is 16.7 Å². The lowest BCUT2D eigenvalue weighted by Crippen LogP contribution is -2.22. The van der Waals surface area contributed by atoms with Crippen LogP contribution in [0, 0.1) is 0 Å². The zero-order valence-corrected chi connectivity index (χ0v) is 12.4. The van der Waals surface area contributed by atoms with Crippen molar-refractivity contribution >= 4 is 23.5 Å². The number of rotatable bonds is 2. The topological polar surface area (TPSA) is 51.0 Å². The van der Waals surface area contributed by atoms with E-state index in [1.54, 1.807) is 0 Å². The smallest absolute Gasteiger partial charge is 0.243 e. The number of nitrogens with zero attached hydrogens (tertiary/aromatic N) is 2. The van der Waals surface area contributed by atoms with E-state index in [1.165, 1.54) is 6.42 Å². The van der Waals surface area contributed by atoms with Crippen LogP contribution in [-0.2, 0) is 0 Å². The standard InChI is InChI=1S/C12H19N3OS2/c1-7-8(2)18-10(6-17-7)11-14-12(16-15-11)9-4-3-5-13-9/h7-10,13H,3-6H2,1-2H3/t7?,8?,9-,10?/m0/s1. The minimum Gasteiger partial charge on any atom is -0.338 e. The van der Waals surface area contributed by atoms with Crippen LogP contribution in [-0.4, -0.2) is 32.9 Å². The zero-order valence-electron chi connectivity index (χ0n) is 10.8. The summed E-state index contributed by atoms with van der Waals surface area (Å²) in [6.45, 7) is 5.64. The van der Waals surface area contributed by atoms with E-state index >= 15 is 0 Å². The third-order valence-corrected chi connectivity index (χ3v) is 7.04. The van der Waals surface area contributed by atoms with Gasteiger partial charge in [-0.05, 0) is 19.4 Å². The first-order chi connectivity index (χ1) is 8.74. The number of hydrogen-bond donors (Lipinski definition) is 1. The van der Waals surface area contributed by atoms with Crippen LogP contribution in [0.1, 0.15) is 49.7 Å². The molecule has 3 unspecified atom stereocenters. The van der Waals surface area contributed by atoms with Crippen molar-refractivity contribution in [3.05, 3.63) is 11.7 Å². The molecule has 2 aliphatic rings. The summed E-state index contributed by atoms with van der Waals surface area (Å²) in [5.41, 5.74) is 0. The molecule has 0 spiro atoms. The van der Waals surface area contributed by atoms with Gasteiger partial charge >= 0.3 is 0 Å². The highest BCUT2D eigenvalue weighted by Gasteiger charge is 2.31. The molecular formula is C12H19N3OS2. The molecule has 2 fully saturated rings. The molecule has 0 saturated carbocycles. The van der Waals surface area contributed by atoms with E-state index in [1.807, 2.05) is 23.5 Å². The summed E-state index contributed by atoms with van der Waals surface area (Å²) in [5.74, 6) is 2.75. The molecule has 2 aliphatic heterocycles. The van der Waals surface area contributed by atoms with Gasteiger partial charge in [-0.15, -0.1) is 11.8 Å². The quantitative estimate of drug-likeness (QED) is 0.902. The van der Waals surface area contributed by atoms with Gasteiger partial charge < -0.3 is 9.84 Å². The molecule has 100 valence electrons. The fourth-order valence-electron chi connectivity index (χ4n) is 2.33. The Hall–Kier alpha value is -0.200. The van der Waals surface area contributed by atoms with Gasteiger partial charge in [0.1, 0.15) is 0 Å². The van der Waals surface area contributed by atoms with Crippen molar-refractivity contribution in [2.45, 2.75) is 48.5 Å². The fourth-order valence-corrected chi connectivity index (χ4v) is 5.17. The van der Waals surface area contributed by atoms with Crippen LogP contribution in [0.15, 0.2) is 4.52 Å². The van der Waals surface area contributed by atoms with Crippen molar-refractivity contribution < 1.29 is 4.52 Å². The fraction of sp³-hybridized carbons (Fsp3) is 0.833. The lowest BCUT2D eigenvalue weighted by atomic mass is 10.2. The third kappa shape index (κ3) is 2.56. The van der Waals surface area contributed by atoms with Gasteiger partial charge in [-0.1, -0.05) is 19.0 Å². The van der Waals surface area contributed by atoms with Crippen LogP contribution in [0.3, 0.4) is 0 Å². The maximum Gasteiger partial charge on any atom is 0.243 e.